The molecule has 1 atom stereocenters. The predicted molar refractivity (Wildman–Crippen MR) is 138 cm³/mol. The average molecular weight is 482 g/mol. The summed E-state index contributed by atoms with van der Waals surface area (Å²) in [5, 5.41) is 10.2. The molecule has 1 amide bonds. The van der Waals surface area contributed by atoms with Crippen LogP contribution in [0.5, 0.6) is 0 Å². The fourth-order valence-electron chi connectivity index (χ4n) is 5.36. The van der Waals surface area contributed by atoms with E-state index >= 15 is 0 Å². The summed E-state index contributed by atoms with van der Waals surface area (Å²) < 4.78 is 6.29. The molecule has 0 aliphatic carbocycles. The number of rotatable bonds is 11. The van der Waals surface area contributed by atoms with Crippen molar-refractivity contribution >= 4 is 22.7 Å². The molecule has 7 heteroatoms. The van der Waals surface area contributed by atoms with Crippen LogP contribution in [0.3, 0.4) is 0 Å². The summed E-state index contributed by atoms with van der Waals surface area (Å²) in [6.07, 6.45) is 9.12. The summed E-state index contributed by atoms with van der Waals surface area (Å²) >= 11 is 1.75. The molecule has 33 heavy (non-hydrogen) atoms. The summed E-state index contributed by atoms with van der Waals surface area (Å²) in [4.78, 5) is 22.5. The first-order valence-electron chi connectivity index (χ1n) is 13.2. The lowest BCUT2D eigenvalue weighted by molar-refractivity contribution is -0.160. The molecule has 6 nitrogen and oxygen atoms in total. The van der Waals surface area contributed by atoms with Gasteiger partial charge in [0.05, 0.1) is 17.3 Å². The molecule has 3 rings (SSSR count). The standard InChI is InChI=1S/C26H47N3O3S/c1-21(2)23-27-22(19-33-23)24(31)29-16-18-32-26(20-29)11-14-28(15-12-26)13-7-5-6-9-25(3,4)10-8-17-30/h21-22,30H,5-20H2,1-4H3. The van der Waals surface area contributed by atoms with Crippen molar-refractivity contribution in [2.45, 2.75) is 90.7 Å². The van der Waals surface area contributed by atoms with Gasteiger partial charge in [0.2, 0.25) is 5.91 Å². The van der Waals surface area contributed by atoms with Crippen LogP contribution in [0.2, 0.25) is 0 Å². The number of carbonyl (C=O) groups is 1. The van der Waals surface area contributed by atoms with Crippen LogP contribution in [0.4, 0.5) is 0 Å². The molecule has 0 aromatic heterocycles. The van der Waals surface area contributed by atoms with E-state index in [4.69, 9.17) is 14.8 Å². The molecular weight excluding hydrogens is 434 g/mol. The number of aliphatic hydroxyl groups is 1. The van der Waals surface area contributed by atoms with Gasteiger partial charge in [-0.3, -0.25) is 9.79 Å². The number of unbranched alkanes of at least 4 members (excludes halogenated alkanes) is 2. The van der Waals surface area contributed by atoms with Gasteiger partial charge < -0.3 is 19.6 Å². The number of ether oxygens (including phenoxy) is 1. The second-order valence-corrected chi connectivity index (χ2v) is 12.4. The first-order valence-corrected chi connectivity index (χ1v) is 14.2. The van der Waals surface area contributed by atoms with Crippen molar-refractivity contribution in [1.29, 1.82) is 0 Å². The molecule has 190 valence electrons. The molecule has 0 saturated carbocycles. The summed E-state index contributed by atoms with van der Waals surface area (Å²) in [6.45, 7) is 14.6. The summed E-state index contributed by atoms with van der Waals surface area (Å²) in [5.41, 5.74) is 0.193. The molecule has 3 aliphatic heterocycles. The highest BCUT2D eigenvalue weighted by Gasteiger charge is 2.42. The number of hydrogen-bond donors (Lipinski definition) is 1. The number of thioether (sulfide) groups is 1. The van der Waals surface area contributed by atoms with Gasteiger partial charge >= 0.3 is 0 Å². The van der Waals surface area contributed by atoms with Crippen LogP contribution in [0.1, 0.15) is 79.1 Å². The second kappa shape index (κ2) is 12.4. The molecule has 0 radical (unpaired) electrons. The van der Waals surface area contributed by atoms with E-state index in [1.165, 1.54) is 32.2 Å². The summed E-state index contributed by atoms with van der Waals surface area (Å²) in [7, 11) is 0. The van der Waals surface area contributed by atoms with Crippen molar-refractivity contribution in [3.05, 3.63) is 0 Å². The fraction of sp³-hybridized carbons (Fsp3) is 0.923. The number of aliphatic imine (C=N–C) groups is 1. The lowest BCUT2D eigenvalue weighted by Crippen LogP contribution is -2.59. The molecule has 1 spiro atoms. The van der Waals surface area contributed by atoms with Gasteiger partial charge in [-0.1, -0.05) is 40.5 Å². The molecule has 0 aromatic rings. The van der Waals surface area contributed by atoms with Crippen LogP contribution in [0.15, 0.2) is 4.99 Å². The summed E-state index contributed by atoms with van der Waals surface area (Å²) in [6, 6.07) is -0.198. The number of morpholine rings is 1. The molecule has 3 heterocycles. The second-order valence-electron chi connectivity index (χ2n) is 11.4. The van der Waals surface area contributed by atoms with E-state index < -0.39 is 0 Å². The monoisotopic (exact) mass is 481 g/mol. The number of hydrogen-bond acceptors (Lipinski definition) is 6. The van der Waals surface area contributed by atoms with Crippen molar-refractivity contribution in [2.75, 3.05) is 51.7 Å². The fourth-order valence-corrected chi connectivity index (χ4v) is 6.44. The lowest BCUT2D eigenvalue weighted by atomic mass is 9.82. The van der Waals surface area contributed by atoms with Gasteiger partial charge in [0.25, 0.3) is 0 Å². The maximum atomic E-state index is 13.1. The molecule has 3 aliphatic rings. The van der Waals surface area contributed by atoms with Gasteiger partial charge in [-0.25, -0.2) is 0 Å². The van der Waals surface area contributed by atoms with E-state index in [1.807, 2.05) is 4.90 Å². The Bertz CT molecular complexity index is 659. The van der Waals surface area contributed by atoms with Crippen LogP contribution in [-0.4, -0.2) is 89.2 Å². The Labute approximate surface area is 205 Å². The van der Waals surface area contributed by atoms with E-state index in [2.05, 4.69) is 32.6 Å². The van der Waals surface area contributed by atoms with Crippen molar-refractivity contribution in [1.82, 2.24) is 9.80 Å². The molecule has 2 saturated heterocycles. The first-order chi connectivity index (χ1) is 15.7. The Hall–Kier alpha value is -0.630. The van der Waals surface area contributed by atoms with Gasteiger partial charge in [0, 0.05) is 44.5 Å². The van der Waals surface area contributed by atoms with Crippen molar-refractivity contribution in [3.63, 3.8) is 0 Å². The predicted octanol–water partition coefficient (Wildman–Crippen LogP) is 4.21. The first kappa shape index (κ1) is 27.0. The maximum absolute atomic E-state index is 13.1. The van der Waals surface area contributed by atoms with Crippen molar-refractivity contribution < 1.29 is 14.6 Å². The minimum absolute atomic E-state index is 0.155. The highest BCUT2D eigenvalue weighted by molar-refractivity contribution is 8.14. The van der Waals surface area contributed by atoms with Gasteiger partial charge in [0.15, 0.2) is 0 Å². The van der Waals surface area contributed by atoms with Crippen LogP contribution in [0, 0.1) is 11.3 Å². The number of aliphatic hydroxyl groups excluding tert-OH is 1. The largest absolute Gasteiger partial charge is 0.396 e. The zero-order chi connectivity index (χ0) is 23.9. The number of amides is 1. The van der Waals surface area contributed by atoms with E-state index in [0.29, 0.717) is 31.1 Å². The molecule has 2 fully saturated rings. The highest BCUT2D eigenvalue weighted by Crippen LogP contribution is 2.32. The van der Waals surface area contributed by atoms with Crippen LogP contribution in [-0.2, 0) is 9.53 Å². The van der Waals surface area contributed by atoms with Gasteiger partial charge in [0.1, 0.15) is 6.04 Å². The molecule has 1 N–H and O–H groups in total. The molecule has 0 bridgehead atoms. The third-order valence-electron chi connectivity index (χ3n) is 7.62. The minimum atomic E-state index is -0.198. The Kier molecular flexibility index (Phi) is 10.1. The third-order valence-corrected chi connectivity index (χ3v) is 8.97. The van der Waals surface area contributed by atoms with Gasteiger partial charge in [-0.15, -0.1) is 11.8 Å². The maximum Gasteiger partial charge on any atom is 0.248 e. The molecule has 1 unspecified atom stereocenters. The third kappa shape index (κ3) is 7.94. The number of likely N-dealkylation sites (tertiary alicyclic amines) is 1. The SMILES string of the molecule is CC(C)C1=NC(C(=O)N2CCOC3(CCN(CCCCCC(C)(C)CCCO)CC3)C2)CS1. The Morgan fingerprint density at radius 1 is 1.18 bits per heavy atom. The Balaban J connectivity index is 1.37. The highest BCUT2D eigenvalue weighted by atomic mass is 32.2. The number of piperidine rings is 1. The number of nitrogens with zero attached hydrogens (tertiary/aromatic N) is 3. The van der Waals surface area contributed by atoms with E-state index in [1.54, 1.807) is 11.8 Å². The van der Waals surface area contributed by atoms with Crippen molar-refractivity contribution in [3.8, 4) is 0 Å². The van der Waals surface area contributed by atoms with Gasteiger partial charge in [-0.2, -0.15) is 0 Å². The molecular formula is C26H47N3O3S. The average Bonchev–Trinajstić information content (AvgIpc) is 3.29. The van der Waals surface area contributed by atoms with Crippen LogP contribution in [0.25, 0.3) is 0 Å². The quantitative estimate of drug-likeness (QED) is 0.448. The zero-order valence-electron chi connectivity index (χ0n) is 21.5. The van der Waals surface area contributed by atoms with Crippen LogP contribution >= 0.6 is 11.8 Å². The minimum Gasteiger partial charge on any atom is -0.396 e. The van der Waals surface area contributed by atoms with Crippen LogP contribution < -0.4 is 0 Å². The summed E-state index contributed by atoms with van der Waals surface area (Å²) in [5.74, 6) is 1.40. The van der Waals surface area contributed by atoms with E-state index in [9.17, 15) is 4.79 Å². The smallest absolute Gasteiger partial charge is 0.248 e. The van der Waals surface area contributed by atoms with Crippen molar-refractivity contribution in [2.24, 2.45) is 16.3 Å². The zero-order valence-corrected chi connectivity index (χ0v) is 22.3. The van der Waals surface area contributed by atoms with Gasteiger partial charge in [-0.05, 0) is 50.5 Å². The Morgan fingerprint density at radius 3 is 2.58 bits per heavy atom. The normalized spacial score (nSPS) is 24.0. The van der Waals surface area contributed by atoms with E-state index in [-0.39, 0.29) is 17.6 Å². The molecule has 0 aromatic carbocycles. The number of carbonyl (C=O) groups excluding carboxylic acids is 1. The van der Waals surface area contributed by atoms with E-state index in [0.717, 1.165) is 56.1 Å². The topological polar surface area (TPSA) is 65.4 Å². The Morgan fingerprint density at radius 2 is 1.91 bits per heavy atom. The lowest BCUT2D eigenvalue weighted by Gasteiger charge is -2.47.